The lowest BCUT2D eigenvalue weighted by Crippen LogP contribution is -2.14. The molecule has 0 radical (unpaired) electrons. The lowest BCUT2D eigenvalue weighted by molar-refractivity contribution is 0.102. The van der Waals surface area contributed by atoms with E-state index in [-0.39, 0.29) is 17.3 Å². The van der Waals surface area contributed by atoms with Gasteiger partial charge in [-0.05, 0) is 53.1 Å². The van der Waals surface area contributed by atoms with Gasteiger partial charge in [0.1, 0.15) is 5.82 Å². The number of nitrogens with two attached hydrogens (primary N) is 2. The number of hydrogen-bond acceptors (Lipinski definition) is 4. The van der Waals surface area contributed by atoms with Crippen molar-refractivity contribution in [2.45, 2.75) is 11.4 Å². The minimum Gasteiger partial charge on any atom is -0.326 e. The van der Waals surface area contributed by atoms with Gasteiger partial charge >= 0.3 is 0 Å². The van der Waals surface area contributed by atoms with Crippen LogP contribution in [0.2, 0.25) is 0 Å². The second-order valence-corrected chi connectivity index (χ2v) is 9.16. The van der Waals surface area contributed by atoms with E-state index in [1.807, 2.05) is 0 Å². The summed E-state index contributed by atoms with van der Waals surface area (Å²) in [6, 6.07) is 24.8. The first-order valence-corrected chi connectivity index (χ1v) is 11.9. The fourth-order valence-electron chi connectivity index (χ4n) is 3.72. The van der Waals surface area contributed by atoms with Crippen molar-refractivity contribution in [3.63, 3.8) is 0 Å². The molecule has 34 heavy (non-hydrogen) atoms. The molecule has 4 aromatic carbocycles. The molecule has 8 heteroatoms. The first kappa shape index (κ1) is 23.3. The van der Waals surface area contributed by atoms with Gasteiger partial charge in [0.05, 0.1) is 4.90 Å². The Labute approximate surface area is 197 Å². The van der Waals surface area contributed by atoms with Gasteiger partial charge in [0.2, 0.25) is 10.0 Å². The van der Waals surface area contributed by atoms with Gasteiger partial charge in [-0.15, -0.1) is 0 Å². The standard InChI is InChI=1S/C26H22FN3O3S/c27-24-14-11-18(15-19(24)16-28)21-5-1-2-7-23(21)26(31)30-20-12-9-17(10-13-20)22-6-3-4-8-25(22)34(29,32)33/h1-15H,16,28H2,(H,30,31)(H2,29,32,33). The lowest BCUT2D eigenvalue weighted by atomic mass is 9.97. The summed E-state index contributed by atoms with van der Waals surface area (Å²) in [6.45, 7) is 0.0506. The van der Waals surface area contributed by atoms with Gasteiger partial charge in [0.15, 0.2) is 0 Å². The minimum absolute atomic E-state index is 0.0249. The molecule has 0 aromatic heterocycles. The maximum absolute atomic E-state index is 13.9. The molecule has 4 rings (SSSR count). The molecule has 0 bridgehead atoms. The maximum atomic E-state index is 13.9. The summed E-state index contributed by atoms with van der Waals surface area (Å²) in [7, 11) is -3.89. The van der Waals surface area contributed by atoms with E-state index >= 15 is 0 Å². The first-order chi connectivity index (χ1) is 16.3. The Morgan fingerprint density at radius 1 is 0.824 bits per heavy atom. The molecule has 5 N–H and O–H groups in total. The van der Waals surface area contributed by atoms with Crippen molar-refractivity contribution >= 4 is 21.6 Å². The van der Waals surface area contributed by atoms with Crippen LogP contribution in [-0.2, 0) is 16.6 Å². The zero-order valence-electron chi connectivity index (χ0n) is 18.0. The van der Waals surface area contributed by atoms with Gasteiger partial charge in [0, 0.05) is 28.9 Å². The number of anilines is 1. The average molecular weight is 476 g/mol. The molecular formula is C26H22FN3O3S. The van der Waals surface area contributed by atoms with Crippen LogP contribution < -0.4 is 16.2 Å². The number of amides is 1. The van der Waals surface area contributed by atoms with Crippen molar-refractivity contribution in [2.24, 2.45) is 10.9 Å². The molecule has 0 unspecified atom stereocenters. The van der Waals surface area contributed by atoms with E-state index < -0.39 is 15.8 Å². The molecule has 0 fully saturated rings. The maximum Gasteiger partial charge on any atom is 0.256 e. The number of carbonyl (C=O) groups excluding carboxylic acids is 1. The Bertz CT molecular complexity index is 1470. The van der Waals surface area contributed by atoms with Crippen LogP contribution in [0.15, 0.2) is 95.9 Å². The highest BCUT2D eigenvalue weighted by atomic mass is 32.2. The van der Waals surface area contributed by atoms with Crippen molar-refractivity contribution < 1.29 is 17.6 Å². The Hall–Kier alpha value is -3.85. The fourth-order valence-corrected chi connectivity index (χ4v) is 4.48. The molecular weight excluding hydrogens is 453 g/mol. The van der Waals surface area contributed by atoms with Crippen LogP contribution in [0.4, 0.5) is 10.1 Å². The van der Waals surface area contributed by atoms with E-state index in [0.29, 0.717) is 39.1 Å². The first-order valence-electron chi connectivity index (χ1n) is 10.4. The highest BCUT2D eigenvalue weighted by molar-refractivity contribution is 7.89. The van der Waals surface area contributed by atoms with Crippen molar-refractivity contribution in [3.05, 3.63) is 108 Å². The molecule has 0 atom stereocenters. The highest BCUT2D eigenvalue weighted by Gasteiger charge is 2.16. The number of primary sulfonamides is 1. The number of benzene rings is 4. The van der Waals surface area contributed by atoms with Crippen LogP contribution in [0, 0.1) is 5.82 Å². The summed E-state index contributed by atoms with van der Waals surface area (Å²) < 4.78 is 37.7. The zero-order valence-corrected chi connectivity index (χ0v) is 18.8. The summed E-state index contributed by atoms with van der Waals surface area (Å²) in [5.74, 6) is -0.732. The van der Waals surface area contributed by atoms with Crippen molar-refractivity contribution in [2.75, 3.05) is 5.32 Å². The molecule has 6 nitrogen and oxygen atoms in total. The van der Waals surface area contributed by atoms with Gasteiger partial charge in [-0.1, -0.05) is 54.6 Å². The largest absolute Gasteiger partial charge is 0.326 e. The molecule has 172 valence electrons. The van der Waals surface area contributed by atoms with Crippen LogP contribution in [0.3, 0.4) is 0 Å². The molecule has 1 amide bonds. The summed E-state index contributed by atoms with van der Waals surface area (Å²) in [5.41, 5.74) is 9.38. The van der Waals surface area contributed by atoms with E-state index in [4.69, 9.17) is 10.9 Å². The summed E-state index contributed by atoms with van der Waals surface area (Å²) in [5, 5.41) is 8.18. The Kier molecular flexibility index (Phi) is 6.56. The van der Waals surface area contributed by atoms with Gasteiger partial charge in [-0.2, -0.15) is 0 Å². The van der Waals surface area contributed by atoms with E-state index in [1.54, 1.807) is 78.9 Å². The molecule has 0 aliphatic rings. The van der Waals surface area contributed by atoms with Crippen molar-refractivity contribution in [1.29, 1.82) is 0 Å². The van der Waals surface area contributed by atoms with Gasteiger partial charge in [-0.25, -0.2) is 17.9 Å². The SMILES string of the molecule is NCc1cc(-c2ccccc2C(=O)Nc2ccc(-c3ccccc3S(N)(=O)=O)cc2)ccc1F. The predicted octanol–water partition coefficient (Wildman–Crippen LogP) is 4.52. The zero-order chi connectivity index (χ0) is 24.3. The minimum atomic E-state index is -3.89. The second kappa shape index (κ2) is 9.56. The normalized spacial score (nSPS) is 11.3. The molecule has 4 aromatic rings. The quantitative estimate of drug-likeness (QED) is 0.380. The topological polar surface area (TPSA) is 115 Å². The molecule has 0 spiro atoms. The summed E-state index contributed by atoms with van der Waals surface area (Å²) in [6.07, 6.45) is 0. The fraction of sp³-hybridized carbons (Fsp3) is 0.0385. The third-order valence-electron chi connectivity index (χ3n) is 5.40. The smallest absolute Gasteiger partial charge is 0.256 e. The Balaban J connectivity index is 1.61. The molecule has 0 heterocycles. The van der Waals surface area contributed by atoms with E-state index in [0.717, 1.165) is 0 Å². The van der Waals surface area contributed by atoms with Crippen LogP contribution >= 0.6 is 0 Å². The van der Waals surface area contributed by atoms with Gasteiger partial charge < -0.3 is 11.1 Å². The number of rotatable bonds is 6. The van der Waals surface area contributed by atoms with Crippen LogP contribution in [0.1, 0.15) is 15.9 Å². The number of halogens is 1. The number of hydrogen-bond donors (Lipinski definition) is 3. The number of nitrogens with one attached hydrogen (secondary N) is 1. The monoisotopic (exact) mass is 475 g/mol. The molecule has 0 aliphatic carbocycles. The highest BCUT2D eigenvalue weighted by Crippen LogP contribution is 2.29. The molecule has 0 saturated heterocycles. The van der Waals surface area contributed by atoms with E-state index in [9.17, 15) is 17.6 Å². The predicted molar refractivity (Wildman–Crippen MR) is 131 cm³/mol. The van der Waals surface area contributed by atoms with Crippen LogP contribution in [0.5, 0.6) is 0 Å². The Morgan fingerprint density at radius 3 is 2.12 bits per heavy atom. The van der Waals surface area contributed by atoms with Crippen molar-refractivity contribution in [3.8, 4) is 22.3 Å². The molecule has 0 saturated carbocycles. The van der Waals surface area contributed by atoms with Crippen LogP contribution in [0.25, 0.3) is 22.3 Å². The third-order valence-corrected chi connectivity index (χ3v) is 6.36. The lowest BCUT2D eigenvalue weighted by Gasteiger charge is -2.13. The van der Waals surface area contributed by atoms with E-state index in [2.05, 4.69) is 5.32 Å². The Morgan fingerprint density at radius 2 is 1.44 bits per heavy atom. The third kappa shape index (κ3) is 4.89. The van der Waals surface area contributed by atoms with Gasteiger partial charge in [-0.3, -0.25) is 4.79 Å². The number of sulfonamides is 1. The summed E-state index contributed by atoms with van der Waals surface area (Å²) >= 11 is 0. The number of carbonyl (C=O) groups is 1. The summed E-state index contributed by atoms with van der Waals surface area (Å²) in [4.78, 5) is 13.1. The molecule has 0 aliphatic heterocycles. The van der Waals surface area contributed by atoms with E-state index in [1.165, 1.54) is 12.1 Å². The van der Waals surface area contributed by atoms with Crippen molar-refractivity contribution in [1.82, 2.24) is 0 Å². The average Bonchev–Trinajstić information content (AvgIpc) is 2.84. The van der Waals surface area contributed by atoms with Crippen LogP contribution in [-0.4, -0.2) is 14.3 Å². The second-order valence-electron chi connectivity index (χ2n) is 7.63. The van der Waals surface area contributed by atoms with Gasteiger partial charge in [0.25, 0.3) is 5.91 Å².